The Bertz CT molecular complexity index is 631. The van der Waals surface area contributed by atoms with E-state index in [9.17, 15) is 4.79 Å². The third kappa shape index (κ3) is 3.16. The maximum atomic E-state index is 12.4. The third-order valence-corrected chi connectivity index (χ3v) is 3.60. The summed E-state index contributed by atoms with van der Waals surface area (Å²) in [5, 5.41) is 0. The fraction of sp³-hybridized carbons (Fsp3) is 0.312. The van der Waals surface area contributed by atoms with Crippen molar-refractivity contribution in [1.82, 2.24) is 14.9 Å². The zero-order valence-electron chi connectivity index (χ0n) is 12.3. The van der Waals surface area contributed by atoms with Gasteiger partial charge in [-0.3, -0.25) is 9.78 Å². The highest BCUT2D eigenvalue weighted by Crippen LogP contribution is 2.19. The smallest absolute Gasteiger partial charge is 0.253 e. The van der Waals surface area contributed by atoms with E-state index in [0.717, 1.165) is 12.2 Å². The van der Waals surface area contributed by atoms with Crippen LogP contribution in [0.4, 0.5) is 0 Å². The lowest BCUT2D eigenvalue weighted by atomic mass is 10.2. The summed E-state index contributed by atoms with van der Waals surface area (Å²) >= 11 is 0. The number of rotatable bonds is 4. The number of methoxy groups -OCH3 is 1. The molecular formula is C16H17N3O3. The molecule has 1 saturated heterocycles. The van der Waals surface area contributed by atoms with Gasteiger partial charge in [0.15, 0.2) is 0 Å². The van der Waals surface area contributed by atoms with Crippen LogP contribution < -0.4 is 9.47 Å². The predicted molar refractivity (Wildman–Crippen MR) is 80.0 cm³/mol. The number of hydrogen-bond donors (Lipinski definition) is 0. The maximum absolute atomic E-state index is 12.4. The lowest BCUT2D eigenvalue weighted by Crippen LogP contribution is -2.31. The van der Waals surface area contributed by atoms with E-state index in [-0.39, 0.29) is 12.0 Å². The number of amides is 1. The Morgan fingerprint density at radius 2 is 2.09 bits per heavy atom. The number of likely N-dealkylation sites (tertiary alicyclic amines) is 1. The van der Waals surface area contributed by atoms with Crippen molar-refractivity contribution in [2.24, 2.45) is 0 Å². The molecule has 0 aliphatic carbocycles. The molecule has 1 aliphatic rings. The minimum absolute atomic E-state index is 0.00731. The van der Waals surface area contributed by atoms with Gasteiger partial charge in [-0.1, -0.05) is 0 Å². The van der Waals surface area contributed by atoms with E-state index in [1.165, 1.54) is 0 Å². The Balaban J connectivity index is 1.60. The second kappa shape index (κ2) is 6.43. The van der Waals surface area contributed by atoms with Gasteiger partial charge in [-0.2, -0.15) is 0 Å². The van der Waals surface area contributed by atoms with Crippen LogP contribution in [0.3, 0.4) is 0 Å². The van der Waals surface area contributed by atoms with Crippen molar-refractivity contribution in [1.29, 1.82) is 0 Å². The molecule has 114 valence electrons. The van der Waals surface area contributed by atoms with Gasteiger partial charge in [-0.05, 0) is 24.3 Å². The molecule has 6 heteroatoms. The molecule has 1 unspecified atom stereocenters. The average molecular weight is 299 g/mol. The SMILES string of the molecule is COc1ccc(C(=O)N2CCC(Oc3cnccn3)C2)cc1. The first kappa shape index (κ1) is 14.3. The quantitative estimate of drug-likeness (QED) is 0.861. The molecule has 0 radical (unpaired) electrons. The standard InChI is InChI=1S/C16H17N3O3/c1-21-13-4-2-12(3-5-13)16(20)19-9-6-14(11-19)22-15-10-17-7-8-18-15/h2-5,7-8,10,14H,6,9,11H2,1H3. The van der Waals surface area contributed by atoms with Crippen molar-refractivity contribution in [2.45, 2.75) is 12.5 Å². The molecule has 1 atom stereocenters. The Morgan fingerprint density at radius 1 is 1.27 bits per heavy atom. The van der Waals surface area contributed by atoms with Gasteiger partial charge < -0.3 is 14.4 Å². The minimum atomic E-state index is -0.0427. The molecule has 1 fully saturated rings. The minimum Gasteiger partial charge on any atom is -0.497 e. The summed E-state index contributed by atoms with van der Waals surface area (Å²) in [6.07, 6.45) is 5.51. The van der Waals surface area contributed by atoms with E-state index in [2.05, 4.69) is 9.97 Å². The molecule has 1 aliphatic heterocycles. The van der Waals surface area contributed by atoms with Gasteiger partial charge in [-0.15, -0.1) is 0 Å². The second-order valence-electron chi connectivity index (χ2n) is 5.05. The number of carbonyl (C=O) groups excluding carboxylic acids is 1. The van der Waals surface area contributed by atoms with Crippen LogP contribution in [0.2, 0.25) is 0 Å². The fourth-order valence-electron chi connectivity index (χ4n) is 2.44. The van der Waals surface area contributed by atoms with Crippen LogP contribution in [0.5, 0.6) is 11.6 Å². The number of hydrogen-bond acceptors (Lipinski definition) is 5. The summed E-state index contributed by atoms with van der Waals surface area (Å²) in [7, 11) is 1.60. The summed E-state index contributed by atoms with van der Waals surface area (Å²) in [6.45, 7) is 1.23. The van der Waals surface area contributed by atoms with Crippen molar-refractivity contribution in [3.05, 3.63) is 48.4 Å². The molecule has 6 nitrogen and oxygen atoms in total. The highest BCUT2D eigenvalue weighted by atomic mass is 16.5. The third-order valence-electron chi connectivity index (χ3n) is 3.60. The fourth-order valence-corrected chi connectivity index (χ4v) is 2.44. The number of nitrogens with zero attached hydrogens (tertiary/aromatic N) is 3. The zero-order valence-corrected chi connectivity index (χ0v) is 12.3. The van der Waals surface area contributed by atoms with Crippen LogP contribution in [0.25, 0.3) is 0 Å². The highest BCUT2D eigenvalue weighted by molar-refractivity contribution is 5.94. The van der Waals surface area contributed by atoms with Gasteiger partial charge >= 0.3 is 0 Å². The number of ether oxygens (including phenoxy) is 2. The average Bonchev–Trinajstić information content (AvgIpc) is 3.04. The van der Waals surface area contributed by atoms with E-state index in [4.69, 9.17) is 9.47 Å². The van der Waals surface area contributed by atoms with Gasteiger partial charge in [0.2, 0.25) is 5.88 Å². The Morgan fingerprint density at radius 3 is 2.77 bits per heavy atom. The van der Waals surface area contributed by atoms with Gasteiger partial charge in [0.25, 0.3) is 5.91 Å². The predicted octanol–water partition coefficient (Wildman–Crippen LogP) is 1.78. The molecule has 0 N–H and O–H groups in total. The first-order valence-electron chi connectivity index (χ1n) is 7.12. The van der Waals surface area contributed by atoms with Crippen LogP contribution in [-0.4, -0.2) is 47.1 Å². The number of benzene rings is 1. The summed E-state index contributed by atoms with van der Waals surface area (Å²) in [5.41, 5.74) is 0.654. The van der Waals surface area contributed by atoms with Crippen molar-refractivity contribution in [2.75, 3.05) is 20.2 Å². The van der Waals surface area contributed by atoms with E-state index in [1.54, 1.807) is 54.9 Å². The second-order valence-corrected chi connectivity index (χ2v) is 5.05. The van der Waals surface area contributed by atoms with Crippen LogP contribution in [0, 0.1) is 0 Å². The number of carbonyl (C=O) groups is 1. The van der Waals surface area contributed by atoms with Gasteiger partial charge in [0, 0.05) is 30.9 Å². The molecular weight excluding hydrogens is 282 g/mol. The molecule has 0 bridgehead atoms. The van der Waals surface area contributed by atoms with Crippen LogP contribution in [0.15, 0.2) is 42.9 Å². The van der Waals surface area contributed by atoms with Gasteiger partial charge in [0.1, 0.15) is 11.9 Å². The van der Waals surface area contributed by atoms with E-state index >= 15 is 0 Å². The molecule has 2 heterocycles. The zero-order chi connectivity index (χ0) is 15.4. The van der Waals surface area contributed by atoms with E-state index in [0.29, 0.717) is 24.5 Å². The number of aromatic nitrogens is 2. The lowest BCUT2D eigenvalue weighted by Gasteiger charge is -2.17. The summed E-state index contributed by atoms with van der Waals surface area (Å²) in [6, 6.07) is 7.13. The maximum Gasteiger partial charge on any atom is 0.253 e. The van der Waals surface area contributed by atoms with Gasteiger partial charge in [0.05, 0.1) is 19.9 Å². The van der Waals surface area contributed by atoms with Crippen LogP contribution in [-0.2, 0) is 0 Å². The highest BCUT2D eigenvalue weighted by Gasteiger charge is 2.28. The van der Waals surface area contributed by atoms with E-state index in [1.807, 2.05) is 0 Å². The lowest BCUT2D eigenvalue weighted by molar-refractivity contribution is 0.0771. The molecule has 2 aromatic rings. The van der Waals surface area contributed by atoms with Crippen LogP contribution >= 0.6 is 0 Å². The Kier molecular flexibility index (Phi) is 4.18. The van der Waals surface area contributed by atoms with E-state index < -0.39 is 0 Å². The Hall–Kier alpha value is -2.63. The van der Waals surface area contributed by atoms with Crippen molar-refractivity contribution in [3.8, 4) is 11.6 Å². The molecule has 1 aromatic heterocycles. The normalized spacial score (nSPS) is 17.3. The molecule has 1 amide bonds. The van der Waals surface area contributed by atoms with Crippen molar-refractivity contribution in [3.63, 3.8) is 0 Å². The molecule has 22 heavy (non-hydrogen) atoms. The van der Waals surface area contributed by atoms with Crippen molar-refractivity contribution >= 4 is 5.91 Å². The largest absolute Gasteiger partial charge is 0.497 e. The monoisotopic (exact) mass is 299 g/mol. The molecule has 3 rings (SSSR count). The summed E-state index contributed by atoms with van der Waals surface area (Å²) < 4.78 is 10.8. The first-order chi connectivity index (χ1) is 10.8. The first-order valence-corrected chi connectivity index (χ1v) is 7.12. The van der Waals surface area contributed by atoms with Crippen molar-refractivity contribution < 1.29 is 14.3 Å². The Labute approximate surface area is 128 Å². The summed E-state index contributed by atoms with van der Waals surface area (Å²) in [5.74, 6) is 1.24. The summed E-state index contributed by atoms with van der Waals surface area (Å²) in [4.78, 5) is 22.3. The van der Waals surface area contributed by atoms with Gasteiger partial charge in [-0.25, -0.2) is 4.98 Å². The topological polar surface area (TPSA) is 64.5 Å². The van der Waals surface area contributed by atoms with Crippen LogP contribution in [0.1, 0.15) is 16.8 Å². The molecule has 0 spiro atoms. The molecule has 0 saturated carbocycles. The molecule has 1 aromatic carbocycles.